The maximum atomic E-state index is 13.4. The maximum absolute atomic E-state index is 13.4. The normalized spacial score (nSPS) is 11.4. The standard InChI is InChI=1S/C13H14FN3O2S/c14-12-2-1-8-16-13(12)20(18,19)17-9-7-10-3-5-11(15)6-4-10/h1-6,8,17H,7,9,15H2. The monoisotopic (exact) mass is 295 g/mol. The molecule has 2 rings (SSSR count). The molecule has 106 valence electrons. The van der Waals surface area contributed by atoms with Gasteiger partial charge in [0.15, 0.2) is 5.82 Å². The largest absolute Gasteiger partial charge is 0.399 e. The van der Waals surface area contributed by atoms with Gasteiger partial charge in [-0.1, -0.05) is 12.1 Å². The van der Waals surface area contributed by atoms with E-state index in [-0.39, 0.29) is 6.54 Å². The van der Waals surface area contributed by atoms with E-state index >= 15 is 0 Å². The summed E-state index contributed by atoms with van der Waals surface area (Å²) in [7, 11) is -3.93. The third-order valence-electron chi connectivity index (χ3n) is 2.66. The van der Waals surface area contributed by atoms with E-state index in [1.165, 1.54) is 12.3 Å². The van der Waals surface area contributed by atoms with E-state index in [2.05, 4.69) is 9.71 Å². The van der Waals surface area contributed by atoms with Crippen LogP contribution in [0.25, 0.3) is 0 Å². The van der Waals surface area contributed by atoms with Gasteiger partial charge in [-0.2, -0.15) is 0 Å². The Labute approximate surface area is 116 Å². The van der Waals surface area contributed by atoms with Crippen LogP contribution in [0.2, 0.25) is 0 Å². The summed E-state index contributed by atoms with van der Waals surface area (Å²) in [6.07, 6.45) is 1.71. The Morgan fingerprint density at radius 1 is 1.20 bits per heavy atom. The number of nitrogens with zero attached hydrogens (tertiary/aromatic N) is 1. The molecule has 0 aliphatic carbocycles. The molecule has 0 amide bonds. The van der Waals surface area contributed by atoms with Gasteiger partial charge in [0.05, 0.1) is 0 Å². The highest BCUT2D eigenvalue weighted by Crippen LogP contribution is 2.10. The summed E-state index contributed by atoms with van der Waals surface area (Å²) in [5.74, 6) is -0.868. The molecule has 0 unspecified atom stereocenters. The van der Waals surface area contributed by atoms with Crippen LogP contribution >= 0.6 is 0 Å². The molecular formula is C13H14FN3O2S. The van der Waals surface area contributed by atoms with Crippen molar-refractivity contribution < 1.29 is 12.8 Å². The Bertz CT molecular complexity index is 687. The van der Waals surface area contributed by atoms with Gasteiger partial charge in [0, 0.05) is 18.4 Å². The van der Waals surface area contributed by atoms with Gasteiger partial charge in [-0.15, -0.1) is 0 Å². The van der Waals surface area contributed by atoms with Gasteiger partial charge in [-0.25, -0.2) is 22.5 Å². The number of hydrogen-bond donors (Lipinski definition) is 2. The molecule has 1 aromatic heterocycles. The second-order valence-electron chi connectivity index (χ2n) is 4.18. The minimum absolute atomic E-state index is 0.155. The highest BCUT2D eigenvalue weighted by Gasteiger charge is 2.19. The fraction of sp³-hybridized carbons (Fsp3) is 0.154. The van der Waals surface area contributed by atoms with Crippen LogP contribution in [0.3, 0.4) is 0 Å². The van der Waals surface area contributed by atoms with Gasteiger partial charge in [-0.05, 0) is 36.2 Å². The van der Waals surface area contributed by atoms with E-state index in [0.29, 0.717) is 12.1 Å². The number of rotatable bonds is 5. The van der Waals surface area contributed by atoms with Crippen molar-refractivity contribution in [2.45, 2.75) is 11.4 Å². The fourth-order valence-corrected chi connectivity index (χ4v) is 2.68. The highest BCUT2D eigenvalue weighted by molar-refractivity contribution is 7.89. The predicted octanol–water partition coefficient (Wildman–Crippen LogP) is 1.32. The minimum Gasteiger partial charge on any atom is -0.399 e. The molecule has 0 spiro atoms. The lowest BCUT2D eigenvalue weighted by molar-refractivity contribution is 0.545. The average Bonchev–Trinajstić information content (AvgIpc) is 2.41. The van der Waals surface area contributed by atoms with Crippen LogP contribution in [-0.4, -0.2) is 19.9 Å². The van der Waals surface area contributed by atoms with Gasteiger partial charge in [0.2, 0.25) is 5.03 Å². The number of halogens is 1. The number of sulfonamides is 1. The zero-order chi connectivity index (χ0) is 14.6. The predicted molar refractivity (Wildman–Crippen MR) is 73.9 cm³/mol. The van der Waals surface area contributed by atoms with Crippen LogP contribution in [0.1, 0.15) is 5.56 Å². The van der Waals surface area contributed by atoms with Gasteiger partial charge in [-0.3, -0.25) is 0 Å². The molecule has 0 aliphatic heterocycles. The van der Waals surface area contributed by atoms with Crippen molar-refractivity contribution in [3.8, 4) is 0 Å². The molecule has 7 heteroatoms. The number of nitrogens with two attached hydrogens (primary N) is 1. The van der Waals surface area contributed by atoms with E-state index in [1.54, 1.807) is 12.1 Å². The second kappa shape index (κ2) is 5.98. The average molecular weight is 295 g/mol. The Hall–Kier alpha value is -1.99. The van der Waals surface area contributed by atoms with Crippen molar-refractivity contribution in [1.82, 2.24) is 9.71 Å². The van der Waals surface area contributed by atoms with E-state index in [0.717, 1.165) is 11.6 Å². The van der Waals surface area contributed by atoms with Gasteiger partial charge >= 0.3 is 0 Å². The van der Waals surface area contributed by atoms with Crippen molar-refractivity contribution >= 4 is 15.7 Å². The molecule has 1 heterocycles. The quantitative estimate of drug-likeness (QED) is 0.815. The van der Waals surface area contributed by atoms with Gasteiger partial charge in [0.25, 0.3) is 10.0 Å². The molecule has 5 nitrogen and oxygen atoms in total. The summed E-state index contributed by atoms with van der Waals surface area (Å²) in [6.45, 7) is 0.155. The van der Waals surface area contributed by atoms with Crippen LogP contribution < -0.4 is 10.5 Å². The molecular weight excluding hydrogens is 281 g/mol. The third-order valence-corrected chi connectivity index (χ3v) is 4.06. The number of aromatic nitrogens is 1. The van der Waals surface area contributed by atoms with Crippen LogP contribution in [-0.2, 0) is 16.4 Å². The van der Waals surface area contributed by atoms with Gasteiger partial charge < -0.3 is 5.73 Å². The van der Waals surface area contributed by atoms with Crippen molar-refractivity contribution in [2.24, 2.45) is 0 Å². The maximum Gasteiger partial charge on any atom is 0.261 e. The molecule has 0 saturated heterocycles. The first-order valence-corrected chi connectivity index (χ1v) is 7.42. The lowest BCUT2D eigenvalue weighted by Gasteiger charge is -2.07. The number of nitrogens with one attached hydrogen (secondary N) is 1. The highest BCUT2D eigenvalue weighted by atomic mass is 32.2. The minimum atomic E-state index is -3.93. The SMILES string of the molecule is Nc1ccc(CCNS(=O)(=O)c2ncccc2F)cc1. The smallest absolute Gasteiger partial charge is 0.261 e. The number of hydrogen-bond acceptors (Lipinski definition) is 4. The summed E-state index contributed by atoms with van der Waals surface area (Å²) in [5, 5.41) is -0.586. The molecule has 3 N–H and O–H groups in total. The lowest BCUT2D eigenvalue weighted by Crippen LogP contribution is -2.27. The van der Waals surface area contributed by atoms with E-state index < -0.39 is 20.9 Å². The molecule has 0 fully saturated rings. The Balaban J connectivity index is 2.00. The number of benzene rings is 1. The summed E-state index contributed by atoms with van der Waals surface area (Å²) in [5.41, 5.74) is 7.13. The van der Waals surface area contributed by atoms with Gasteiger partial charge in [0.1, 0.15) is 0 Å². The van der Waals surface area contributed by atoms with Crippen LogP contribution in [0, 0.1) is 5.82 Å². The number of pyridine rings is 1. The zero-order valence-corrected chi connectivity index (χ0v) is 11.4. The van der Waals surface area contributed by atoms with Crippen molar-refractivity contribution in [1.29, 1.82) is 0 Å². The summed E-state index contributed by atoms with van der Waals surface area (Å²) in [6, 6.07) is 9.49. The Kier molecular flexibility index (Phi) is 4.31. The molecule has 0 aliphatic rings. The third kappa shape index (κ3) is 3.52. The van der Waals surface area contributed by atoms with E-state index in [9.17, 15) is 12.8 Å². The molecule has 2 aromatic rings. The summed E-state index contributed by atoms with van der Waals surface area (Å²) >= 11 is 0. The summed E-state index contributed by atoms with van der Waals surface area (Å²) in [4.78, 5) is 3.55. The van der Waals surface area contributed by atoms with E-state index in [4.69, 9.17) is 5.73 Å². The Morgan fingerprint density at radius 3 is 2.55 bits per heavy atom. The van der Waals surface area contributed by atoms with Crippen molar-refractivity contribution in [3.63, 3.8) is 0 Å². The van der Waals surface area contributed by atoms with Crippen LogP contribution in [0.15, 0.2) is 47.6 Å². The molecule has 0 radical (unpaired) electrons. The lowest BCUT2D eigenvalue weighted by atomic mass is 10.1. The molecule has 0 bridgehead atoms. The molecule has 0 atom stereocenters. The first-order chi connectivity index (χ1) is 9.49. The molecule has 20 heavy (non-hydrogen) atoms. The van der Waals surface area contributed by atoms with Crippen LogP contribution in [0.4, 0.5) is 10.1 Å². The zero-order valence-electron chi connectivity index (χ0n) is 10.6. The fourth-order valence-electron chi connectivity index (χ4n) is 1.65. The van der Waals surface area contributed by atoms with Crippen molar-refractivity contribution in [3.05, 3.63) is 54.0 Å². The number of nitrogen functional groups attached to an aromatic ring is 1. The van der Waals surface area contributed by atoms with Crippen molar-refractivity contribution in [2.75, 3.05) is 12.3 Å². The van der Waals surface area contributed by atoms with Crippen LogP contribution in [0.5, 0.6) is 0 Å². The molecule has 1 aromatic carbocycles. The second-order valence-corrected chi connectivity index (χ2v) is 5.86. The first-order valence-electron chi connectivity index (χ1n) is 5.93. The Morgan fingerprint density at radius 2 is 1.90 bits per heavy atom. The molecule has 0 saturated carbocycles. The summed E-state index contributed by atoms with van der Waals surface area (Å²) < 4.78 is 39.4. The van der Waals surface area contributed by atoms with E-state index in [1.807, 2.05) is 12.1 Å². The topological polar surface area (TPSA) is 85.1 Å². The first kappa shape index (κ1) is 14.4. The number of anilines is 1.